The van der Waals surface area contributed by atoms with Crippen LogP contribution in [-0.4, -0.2) is 30.6 Å². The van der Waals surface area contributed by atoms with Crippen LogP contribution in [0.25, 0.3) is 0 Å². The van der Waals surface area contributed by atoms with Crippen LogP contribution in [0.5, 0.6) is 0 Å². The van der Waals surface area contributed by atoms with E-state index in [0.717, 1.165) is 4.47 Å². The summed E-state index contributed by atoms with van der Waals surface area (Å²) in [6.07, 6.45) is 3.89. The summed E-state index contributed by atoms with van der Waals surface area (Å²) in [4.78, 5) is 2.56. The van der Waals surface area contributed by atoms with Crippen molar-refractivity contribution in [3.8, 4) is 0 Å². The molecular weight excluding hydrogens is 300 g/mol. The molecule has 0 bridgehead atoms. The highest BCUT2D eigenvalue weighted by Crippen LogP contribution is 2.19. The first-order valence-corrected chi connectivity index (χ1v) is 8.22. The zero-order valence-corrected chi connectivity index (χ0v) is 13.6. The Hall–Kier alpha value is -0.380. The summed E-state index contributed by atoms with van der Waals surface area (Å²) in [7, 11) is 0. The van der Waals surface area contributed by atoms with Crippen LogP contribution in [0.2, 0.25) is 0 Å². The Bertz CT molecular complexity index is 377. The molecule has 0 aromatic heterocycles. The largest absolute Gasteiger partial charge is 0.307 e. The van der Waals surface area contributed by atoms with Crippen molar-refractivity contribution >= 4 is 15.9 Å². The van der Waals surface area contributed by atoms with Crippen LogP contribution < -0.4 is 5.32 Å². The minimum absolute atomic E-state index is 0.436. The Kier molecular flexibility index (Phi) is 5.86. The Balaban J connectivity index is 1.88. The summed E-state index contributed by atoms with van der Waals surface area (Å²) in [5.74, 6) is 0. The van der Waals surface area contributed by atoms with Gasteiger partial charge in [0.1, 0.15) is 0 Å². The van der Waals surface area contributed by atoms with E-state index in [0.29, 0.717) is 12.1 Å². The van der Waals surface area contributed by atoms with Crippen molar-refractivity contribution in [2.75, 3.05) is 19.6 Å². The molecule has 1 N–H and O–H groups in total. The van der Waals surface area contributed by atoms with Gasteiger partial charge in [-0.25, -0.2) is 0 Å². The molecule has 0 saturated carbocycles. The summed E-state index contributed by atoms with van der Waals surface area (Å²) in [5.41, 5.74) is 1.37. The summed E-state index contributed by atoms with van der Waals surface area (Å²) in [6, 6.07) is 9.76. The molecule has 1 heterocycles. The molecular formula is C16H25BrN2. The van der Waals surface area contributed by atoms with E-state index in [-0.39, 0.29) is 0 Å². The van der Waals surface area contributed by atoms with Crippen molar-refractivity contribution in [3.63, 3.8) is 0 Å². The third-order valence-electron chi connectivity index (χ3n) is 4.12. The van der Waals surface area contributed by atoms with E-state index < -0.39 is 0 Å². The first-order valence-electron chi connectivity index (χ1n) is 7.43. The number of nitrogens with one attached hydrogen (secondary N) is 1. The van der Waals surface area contributed by atoms with Crippen LogP contribution in [0.1, 0.15) is 44.7 Å². The van der Waals surface area contributed by atoms with E-state index in [9.17, 15) is 0 Å². The number of hydrogen-bond acceptors (Lipinski definition) is 2. The zero-order chi connectivity index (χ0) is 13.7. The molecule has 106 valence electrons. The number of hydrogen-bond donors (Lipinski definition) is 1. The Morgan fingerprint density at radius 1 is 1.26 bits per heavy atom. The highest BCUT2D eigenvalue weighted by molar-refractivity contribution is 9.10. The van der Waals surface area contributed by atoms with Gasteiger partial charge in [-0.3, -0.25) is 0 Å². The second kappa shape index (κ2) is 7.41. The maximum Gasteiger partial charge on any atom is 0.0294 e. The molecule has 0 amide bonds. The van der Waals surface area contributed by atoms with Gasteiger partial charge in [-0.15, -0.1) is 0 Å². The van der Waals surface area contributed by atoms with Crippen molar-refractivity contribution in [1.29, 1.82) is 0 Å². The summed E-state index contributed by atoms with van der Waals surface area (Å²) < 4.78 is 1.15. The topological polar surface area (TPSA) is 15.3 Å². The first-order chi connectivity index (χ1) is 9.19. The van der Waals surface area contributed by atoms with Gasteiger partial charge in [-0.1, -0.05) is 35.0 Å². The third kappa shape index (κ3) is 4.59. The van der Waals surface area contributed by atoms with E-state index in [1.807, 2.05) is 0 Å². The van der Waals surface area contributed by atoms with Crippen molar-refractivity contribution in [1.82, 2.24) is 10.2 Å². The second-order valence-electron chi connectivity index (χ2n) is 5.50. The van der Waals surface area contributed by atoms with Crippen LogP contribution >= 0.6 is 15.9 Å². The molecule has 1 saturated heterocycles. The fourth-order valence-electron chi connectivity index (χ4n) is 2.84. The lowest BCUT2D eigenvalue weighted by Gasteiger charge is -2.23. The first kappa shape index (κ1) is 15.0. The number of benzene rings is 1. The fourth-order valence-corrected chi connectivity index (χ4v) is 3.10. The molecule has 2 rings (SSSR count). The molecule has 1 fully saturated rings. The average Bonchev–Trinajstić information content (AvgIpc) is 2.64. The molecule has 0 radical (unpaired) electrons. The highest BCUT2D eigenvalue weighted by Gasteiger charge is 2.18. The molecule has 19 heavy (non-hydrogen) atoms. The minimum atomic E-state index is 0.436. The van der Waals surface area contributed by atoms with Gasteiger partial charge in [-0.05, 0) is 63.5 Å². The van der Waals surface area contributed by atoms with Crippen LogP contribution in [0, 0.1) is 0 Å². The van der Waals surface area contributed by atoms with Gasteiger partial charge < -0.3 is 10.2 Å². The smallest absolute Gasteiger partial charge is 0.0294 e. The number of nitrogens with zero attached hydrogens (tertiary/aromatic N) is 1. The Morgan fingerprint density at radius 2 is 2.00 bits per heavy atom. The van der Waals surface area contributed by atoms with Gasteiger partial charge in [0.05, 0.1) is 0 Å². The monoisotopic (exact) mass is 324 g/mol. The molecule has 1 aliphatic heterocycles. The SMILES string of the molecule is CCN1CCCC(N[C@@H](C)c2ccc(Br)cc2)CC1. The Morgan fingerprint density at radius 3 is 2.68 bits per heavy atom. The van der Waals surface area contributed by atoms with E-state index in [4.69, 9.17) is 0 Å². The van der Waals surface area contributed by atoms with E-state index >= 15 is 0 Å². The van der Waals surface area contributed by atoms with Crippen molar-refractivity contribution in [2.24, 2.45) is 0 Å². The van der Waals surface area contributed by atoms with Crippen LogP contribution in [0.4, 0.5) is 0 Å². The summed E-state index contributed by atoms with van der Waals surface area (Å²) >= 11 is 3.49. The maximum absolute atomic E-state index is 3.80. The van der Waals surface area contributed by atoms with Gasteiger partial charge in [0.25, 0.3) is 0 Å². The van der Waals surface area contributed by atoms with Crippen molar-refractivity contribution < 1.29 is 0 Å². The summed E-state index contributed by atoms with van der Waals surface area (Å²) in [6.45, 7) is 8.22. The lowest BCUT2D eigenvalue weighted by atomic mass is 10.0. The van der Waals surface area contributed by atoms with E-state index in [1.54, 1.807) is 0 Å². The molecule has 3 heteroatoms. The standard InChI is InChI=1S/C16H25BrN2/c1-3-19-11-4-5-16(10-12-19)18-13(2)14-6-8-15(17)9-7-14/h6-9,13,16,18H,3-5,10-12H2,1-2H3/t13-,16?/m0/s1. The molecule has 1 aromatic rings. The van der Waals surface area contributed by atoms with Gasteiger partial charge in [0.15, 0.2) is 0 Å². The molecule has 0 spiro atoms. The van der Waals surface area contributed by atoms with E-state index in [1.165, 1.54) is 44.5 Å². The molecule has 1 aromatic carbocycles. The van der Waals surface area contributed by atoms with Crippen molar-refractivity contribution in [3.05, 3.63) is 34.3 Å². The van der Waals surface area contributed by atoms with Crippen LogP contribution in [0.3, 0.4) is 0 Å². The van der Waals surface area contributed by atoms with Crippen LogP contribution in [-0.2, 0) is 0 Å². The van der Waals surface area contributed by atoms with E-state index in [2.05, 4.69) is 64.3 Å². The maximum atomic E-state index is 3.80. The highest BCUT2D eigenvalue weighted by atomic mass is 79.9. The number of rotatable bonds is 4. The molecule has 2 nitrogen and oxygen atoms in total. The van der Waals surface area contributed by atoms with Crippen LogP contribution in [0.15, 0.2) is 28.7 Å². The third-order valence-corrected chi connectivity index (χ3v) is 4.65. The normalized spacial score (nSPS) is 23.0. The van der Waals surface area contributed by atoms with Gasteiger partial charge >= 0.3 is 0 Å². The second-order valence-corrected chi connectivity index (χ2v) is 6.42. The minimum Gasteiger partial charge on any atom is -0.307 e. The number of likely N-dealkylation sites (tertiary alicyclic amines) is 1. The van der Waals surface area contributed by atoms with Gasteiger partial charge in [0.2, 0.25) is 0 Å². The average molecular weight is 325 g/mol. The quantitative estimate of drug-likeness (QED) is 0.901. The molecule has 0 aliphatic carbocycles. The number of halogens is 1. The Labute approximate surface area is 125 Å². The lowest BCUT2D eigenvalue weighted by molar-refractivity contribution is 0.295. The molecule has 2 atom stereocenters. The lowest BCUT2D eigenvalue weighted by Crippen LogP contribution is -2.32. The van der Waals surface area contributed by atoms with Crippen molar-refractivity contribution in [2.45, 2.75) is 45.2 Å². The summed E-state index contributed by atoms with van der Waals surface area (Å²) in [5, 5.41) is 3.80. The predicted molar refractivity (Wildman–Crippen MR) is 85.4 cm³/mol. The fraction of sp³-hybridized carbons (Fsp3) is 0.625. The molecule has 1 unspecified atom stereocenters. The predicted octanol–water partition coefficient (Wildman–Crippen LogP) is 3.97. The van der Waals surface area contributed by atoms with Gasteiger partial charge in [-0.2, -0.15) is 0 Å². The molecule has 1 aliphatic rings. The van der Waals surface area contributed by atoms with Gasteiger partial charge in [0, 0.05) is 16.6 Å². The zero-order valence-electron chi connectivity index (χ0n) is 12.0.